The first kappa shape index (κ1) is 19.4. The number of halogens is 1. The minimum atomic E-state index is -0.262. The molecule has 5 rings (SSSR count). The summed E-state index contributed by atoms with van der Waals surface area (Å²) in [5.41, 5.74) is 3.36. The summed E-state index contributed by atoms with van der Waals surface area (Å²) in [6.07, 6.45) is 7.96. The summed E-state index contributed by atoms with van der Waals surface area (Å²) < 4.78 is 14.0. The van der Waals surface area contributed by atoms with Gasteiger partial charge in [0.2, 0.25) is 0 Å². The Balaban J connectivity index is 1.42. The Kier molecular flexibility index (Phi) is 5.20. The number of carbonyl (C=O) groups is 1. The smallest absolute Gasteiger partial charge is 0.274 e. The number of nitrogens with zero attached hydrogens (tertiary/aromatic N) is 3. The van der Waals surface area contributed by atoms with Crippen LogP contribution < -0.4 is 0 Å². The average molecular weight is 414 g/mol. The van der Waals surface area contributed by atoms with E-state index in [1.807, 2.05) is 47.5 Å². The van der Waals surface area contributed by atoms with E-state index in [4.69, 9.17) is 0 Å². The van der Waals surface area contributed by atoms with E-state index in [1.54, 1.807) is 18.5 Å². The molecule has 31 heavy (non-hydrogen) atoms. The van der Waals surface area contributed by atoms with Crippen LogP contribution in [-0.2, 0) is 6.42 Å². The van der Waals surface area contributed by atoms with E-state index in [0.29, 0.717) is 42.3 Å². The van der Waals surface area contributed by atoms with Crippen molar-refractivity contribution in [1.29, 1.82) is 0 Å². The van der Waals surface area contributed by atoms with E-state index in [0.717, 1.165) is 29.4 Å². The third-order valence-electron chi connectivity index (χ3n) is 5.81. The van der Waals surface area contributed by atoms with Gasteiger partial charge in [-0.1, -0.05) is 42.5 Å². The minimum Gasteiger partial charge on any atom is -0.359 e. The van der Waals surface area contributed by atoms with Crippen molar-refractivity contribution in [2.24, 2.45) is 5.92 Å². The monoisotopic (exact) mass is 414 g/mol. The Morgan fingerprint density at radius 3 is 2.68 bits per heavy atom. The highest BCUT2D eigenvalue weighted by Gasteiger charge is 2.29. The molecule has 1 amide bonds. The molecule has 1 saturated carbocycles. The number of para-hydroxylation sites is 1. The van der Waals surface area contributed by atoms with Crippen molar-refractivity contribution in [1.82, 2.24) is 19.9 Å². The fourth-order valence-corrected chi connectivity index (χ4v) is 3.98. The summed E-state index contributed by atoms with van der Waals surface area (Å²) in [5, 5.41) is 0.864. The van der Waals surface area contributed by atoms with Gasteiger partial charge >= 0.3 is 0 Å². The molecule has 1 aliphatic carbocycles. The first-order valence-corrected chi connectivity index (χ1v) is 10.6. The quantitative estimate of drug-likeness (QED) is 0.470. The number of hydrogen-bond donors (Lipinski definition) is 1. The number of aromatic nitrogens is 3. The third kappa shape index (κ3) is 4.06. The fraction of sp³-hybridized carbons (Fsp3) is 0.240. The molecule has 2 aromatic heterocycles. The lowest BCUT2D eigenvalue weighted by atomic mass is 10.1. The van der Waals surface area contributed by atoms with Gasteiger partial charge in [-0.25, -0.2) is 9.37 Å². The van der Waals surface area contributed by atoms with Crippen molar-refractivity contribution in [3.63, 3.8) is 0 Å². The number of rotatable bonds is 7. The predicted molar refractivity (Wildman–Crippen MR) is 118 cm³/mol. The molecule has 0 atom stereocenters. The molecule has 0 spiro atoms. The molecule has 0 bridgehead atoms. The zero-order valence-electron chi connectivity index (χ0n) is 17.1. The predicted octanol–water partition coefficient (Wildman–Crippen LogP) is 4.86. The van der Waals surface area contributed by atoms with Crippen LogP contribution >= 0.6 is 0 Å². The maximum atomic E-state index is 14.0. The Morgan fingerprint density at radius 1 is 1.06 bits per heavy atom. The van der Waals surface area contributed by atoms with Crippen LogP contribution in [0, 0.1) is 11.7 Å². The Bertz CT molecular complexity index is 1220. The number of aromatic amines is 1. The number of fused-ring (bicyclic) bond motifs is 1. The summed E-state index contributed by atoms with van der Waals surface area (Å²) in [4.78, 5) is 27.3. The summed E-state index contributed by atoms with van der Waals surface area (Å²) >= 11 is 0. The molecule has 2 heterocycles. The standard InChI is InChI=1S/C25H23FN4O/c26-21-8-4-7-20-19(15-29-23(20)21)11-14-30(16-17-9-10-17)25(31)24-22(27-12-13-28-24)18-5-2-1-3-6-18/h1-8,12-13,15,17,29H,9-11,14,16H2. The zero-order valence-corrected chi connectivity index (χ0v) is 17.1. The topological polar surface area (TPSA) is 61.9 Å². The molecule has 156 valence electrons. The first-order chi connectivity index (χ1) is 15.2. The number of amides is 1. The number of H-pyrrole nitrogens is 1. The molecule has 5 nitrogen and oxygen atoms in total. The van der Waals surface area contributed by atoms with Gasteiger partial charge in [0, 0.05) is 42.6 Å². The van der Waals surface area contributed by atoms with Gasteiger partial charge in [0.05, 0.1) is 5.52 Å². The van der Waals surface area contributed by atoms with Crippen LogP contribution in [0.2, 0.25) is 0 Å². The Hall–Kier alpha value is -3.54. The lowest BCUT2D eigenvalue weighted by Gasteiger charge is -2.23. The molecular weight excluding hydrogens is 391 g/mol. The Labute approximate surface area is 180 Å². The van der Waals surface area contributed by atoms with E-state index in [1.165, 1.54) is 6.07 Å². The normalized spacial score (nSPS) is 13.5. The second kappa shape index (κ2) is 8.30. The van der Waals surface area contributed by atoms with E-state index >= 15 is 0 Å². The average Bonchev–Trinajstić information content (AvgIpc) is 3.54. The van der Waals surface area contributed by atoms with Gasteiger partial charge in [-0.3, -0.25) is 9.78 Å². The highest BCUT2D eigenvalue weighted by Crippen LogP contribution is 2.31. The van der Waals surface area contributed by atoms with Crippen LogP contribution in [0.3, 0.4) is 0 Å². The molecule has 0 aliphatic heterocycles. The van der Waals surface area contributed by atoms with Gasteiger partial charge in [0.1, 0.15) is 11.5 Å². The van der Waals surface area contributed by atoms with Crippen molar-refractivity contribution >= 4 is 16.8 Å². The van der Waals surface area contributed by atoms with Crippen LogP contribution in [0.25, 0.3) is 22.2 Å². The summed E-state index contributed by atoms with van der Waals surface area (Å²) in [6.45, 7) is 1.25. The third-order valence-corrected chi connectivity index (χ3v) is 5.81. The van der Waals surface area contributed by atoms with Crippen molar-refractivity contribution in [2.75, 3.05) is 13.1 Å². The summed E-state index contributed by atoms with van der Waals surface area (Å²) in [5.74, 6) is 0.174. The highest BCUT2D eigenvalue weighted by molar-refractivity contribution is 5.98. The molecular formula is C25H23FN4O. The van der Waals surface area contributed by atoms with Crippen LogP contribution in [0.4, 0.5) is 4.39 Å². The molecule has 0 saturated heterocycles. The molecule has 2 aromatic carbocycles. The highest BCUT2D eigenvalue weighted by atomic mass is 19.1. The lowest BCUT2D eigenvalue weighted by molar-refractivity contribution is 0.0744. The molecule has 0 radical (unpaired) electrons. The maximum absolute atomic E-state index is 14.0. The largest absolute Gasteiger partial charge is 0.359 e. The number of nitrogens with one attached hydrogen (secondary N) is 1. The molecule has 1 N–H and O–H groups in total. The molecule has 1 fully saturated rings. The second-order valence-electron chi connectivity index (χ2n) is 8.04. The van der Waals surface area contributed by atoms with Gasteiger partial charge in [-0.15, -0.1) is 0 Å². The van der Waals surface area contributed by atoms with Crippen molar-refractivity contribution in [3.8, 4) is 11.3 Å². The van der Waals surface area contributed by atoms with Gasteiger partial charge in [-0.05, 0) is 36.8 Å². The molecule has 6 heteroatoms. The first-order valence-electron chi connectivity index (χ1n) is 10.6. The van der Waals surface area contributed by atoms with Crippen LogP contribution in [0.1, 0.15) is 28.9 Å². The number of benzene rings is 2. The van der Waals surface area contributed by atoms with Gasteiger partial charge in [0.25, 0.3) is 5.91 Å². The fourth-order valence-electron chi connectivity index (χ4n) is 3.98. The van der Waals surface area contributed by atoms with E-state index in [-0.39, 0.29) is 11.7 Å². The second-order valence-corrected chi connectivity index (χ2v) is 8.04. The Morgan fingerprint density at radius 2 is 1.87 bits per heavy atom. The molecule has 4 aromatic rings. The SMILES string of the molecule is O=C(c1nccnc1-c1ccccc1)N(CCc1c[nH]c2c(F)cccc12)CC1CC1. The van der Waals surface area contributed by atoms with Crippen molar-refractivity contribution in [2.45, 2.75) is 19.3 Å². The number of carbonyl (C=O) groups excluding carboxylic acids is 1. The van der Waals surface area contributed by atoms with Crippen LogP contribution in [0.15, 0.2) is 67.1 Å². The zero-order chi connectivity index (χ0) is 21.2. The minimum absolute atomic E-state index is 0.107. The van der Waals surface area contributed by atoms with Crippen molar-refractivity contribution < 1.29 is 9.18 Å². The van der Waals surface area contributed by atoms with Gasteiger partial charge in [-0.2, -0.15) is 0 Å². The molecule has 0 unspecified atom stereocenters. The number of hydrogen-bond acceptors (Lipinski definition) is 3. The summed E-state index contributed by atoms with van der Waals surface area (Å²) in [6, 6.07) is 14.7. The van der Waals surface area contributed by atoms with Crippen LogP contribution in [0.5, 0.6) is 0 Å². The molecule has 1 aliphatic rings. The van der Waals surface area contributed by atoms with E-state index in [2.05, 4.69) is 15.0 Å². The lowest BCUT2D eigenvalue weighted by Crippen LogP contribution is -2.35. The van der Waals surface area contributed by atoms with Crippen LogP contribution in [-0.4, -0.2) is 38.8 Å². The maximum Gasteiger partial charge on any atom is 0.274 e. The van der Waals surface area contributed by atoms with Gasteiger partial charge in [0.15, 0.2) is 5.69 Å². The summed E-state index contributed by atoms with van der Waals surface area (Å²) in [7, 11) is 0. The van der Waals surface area contributed by atoms with Gasteiger partial charge < -0.3 is 9.88 Å². The van der Waals surface area contributed by atoms with E-state index in [9.17, 15) is 9.18 Å². The van der Waals surface area contributed by atoms with E-state index < -0.39 is 0 Å². The van der Waals surface area contributed by atoms with Crippen molar-refractivity contribution in [3.05, 3.63) is 84.2 Å².